The monoisotopic (exact) mass is 250 g/mol. The van der Waals surface area contributed by atoms with Crippen LogP contribution in [0, 0.1) is 6.92 Å². The minimum atomic E-state index is -0.546. The molecule has 1 aromatic carbocycles. The summed E-state index contributed by atoms with van der Waals surface area (Å²) in [5.74, 6) is 0.322. The SMILES string of the molecule is Cc1cccc(OC(=O)N(C)CC(=O)N(C)C)c1. The zero-order valence-corrected chi connectivity index (χ0v) is 11.1. The smallest absolute Gasteiger partial charge is 0.410 e. The normalized spacial score (nSPS) is 9.78. The molecule has 0 unspecified atom stereocenters. The molecule has 0 saturated carbocycles. The summed E-state index contributed by atoms with van der Waals surface area (Å²) in [4.78, 5) is 25.8. The molecule has 0 spiro atoms. The van der Waals surface area contributed by atoms with Gasteiger partial charge < -0.3 is 14.5 Å². The summed E-state index contributed by atoms with van der Waals surface area (Å²) in [5, 5.41) is 0. The van der Waals surface area contributed by atoms with E-state index in [0.29, 0.717) is 5.75 Å². The van der Waals surface area contributed by atoms with Crippen LogP contribution < -0.4 is 4.74 Å². The van der Waals surface area contributed by atoms with Crippen molar-refractivity contribution in [1.29, 1.82) is 0 Å². The lowest BCUT2D eigenvalue weighted by Crippen LogP contribution is -2.39. The van der Waals surface area contributed by atoms with Crippen molar-refractivity contribution in [2.45, 2.75) is 6.92 Å². The minimum absolute atomic E-state index is 0.00233. The van der Waals surface area contributed by atoms with E-state index in [-0.39, 0.29) is 12.5 Å². The summed E-state index contributed by atoms with van der Waals surface area (Å²) in [7, 11) is 4.81. The minimum Gasteiger partial charge on any atom is -0.410 e. The van der Waals surface area contributed by atoms with Crippen molar-refractivity contribution in [2.75, 3.05) is 27.7 Å². The number of carbonyl (C=O) groups excluding carboxylic acids is 2. The van der Waals surface area contributed by atoms with Gasteiger partial charge in [-0.05, 0) is 24.6 Å². The lowest BCUT2D eigenvalue weighted by atomic mass is 10.2. The molecule has 0 radical (unpaired) electrons. The number of benzene rings is 1. The van der Waals surface area contributed by atoms with Gasteiger partial charge in [0.1, 0.15) is 12.3 Å². The molecule has 0 N–H and O–H groups in total. The van der Waals surface area contributed by atoms with Crippen molar-refractivity contribution in [1.82, 2.24) is 9.80 Å². The second-order valence-corrected chi connectivity index (χ2v) is 4.33. The van der Waals surface area contributed by atoms with Crippen molar-refractivity contribution in [3.8, 4) is 5.75 Å². The number of hydrogen-bond acceptors (Lipinski definition) is 3. The van der Waals surface area contributed by atoms with E-state index < -0.39 is 6.09 Å². The highest BCUT2D eigenvalue weighted by atomic mass is 16.6. The van der Waals surface area contributed by atoms with Crippen LogP contribution in [-0.2, 0) is 4.79 Å². The Morgan fingerprint density at radius 3 is 2.44 bits per heavy atom. The van der Waals surface area contributed by atoms with Crippen LogP contribution in [0.3, 0.4) is 0 Å². The predicted molar refractivity (Wildman–Crippen MR) is 68.5 cm³/mol. The molecular formula is C13H18N2O3. The van der Waals surface area contributed by atoms with Crippen LogP contribution in [0.15, 0.2) is 24.3 Å². The Morgan fingerprint density at radius 2 is 1.89 bits per heavy atom. The zero-order chi connectivity index (χ0) is 13.7. The maximum atomic E-state index is 11.7. The molecule has 0 atom stereocenters. The van der Waals surface area contributed by atoms with Crippen molar-refractivity contribution in [3.63, 3.8) is 0 Å². The van der Waals surface area contributed by atoms with Crippen molar-refractivity contribution < 1.29 is 14.3 Å². The van der Waals surface area contributed by atoms with Gasteiger partial charge in [-0.15, -0.1) is 0 Å². The van der Waals surface area contributed by atoms with E-state index in [9.17, 15) is 9.59 Å². The highest BCUT2D eigenvalue weighted by molar-refractivity contribution is 5.82. The number of hydrogen-bond donors (Lipinski definition) is 0. The number of rotatable bonds is 3. The fraction of sp³-hybridized carbons (Fsp3) is 0.385. The molecule has 0 aliphatic rings. The Bertz CT molecular complexity index is 444. The first-order valence-electron chi connectivity index (χ1n) is 5.60. The number of carbonyl (C=O) groups is 2. The Kier molecular flexibility index (Phi) is 4.71. The lowest BCUT2D eigenvalue weighted by Gasteiger charge is -2.18. The van der Waals surface area contributed by atoms with E-state index in [1.807, 2.05) is 19.1 Å². The molecule has 98 valence electrons. The Labute approximate surface area is 107 Å². The van der Waals surface area contributed by atoms with Crippen LogP contribution in [0.5, 0.6) is 5.75 Å². The van der Waals surface area contributed by atoms with E-state index >= 15 is 0 Å². The Hall–Kier alpha value is -2.04. The molecule has 1 aromatic rings. The maximum absolute atomic E-state index is 11.7. The molecule has 2 amide bonds. The first kappa shape index (κ1) is 14.0. The number of ether oxygens (including phenoxy) is 1. The van der Waals surface area contributed by atoms with Crippen LogP contribution in [-0.4, -0.2) is 49.5 Å². The number of amides is 2. The van der Waals surface area contributed by atoms with Gasteiger partial charge in [-0.1, -0.05) is 12.1 Å². The average molecular weight is 250 g/mol. The Balaban J connectivity index is 2.57. The molecule has 0 aliphatic carbocycles. The van der Waals surface area contributed by atoms with E-state index in [1.54, 1.807) is 26.2 Å². The summed E-state index contributed by atoms with van der Waals surface area (Å²) in [6.45, 7) is 1.91. The third kappa shape index (κ3) is 4.08. The summed E-state index contributed by atoms with van der Waals surface area (Å²) in [5.41, 5.74) is 1.01. The fourth-order valence-electron chi connectivity index (χ4n) is 1.27. The third-order valence-electron chi connectivity index (χ3n) is 2.38. The highest BCUT2D eigenvalue weighted by Gasteiger charge is 2.15. The molecule has 0 aliphatic heterocycles. The molecular weight excluding hydrogens is 232 g/mol. The molecule has 5 heteroatoms. The summed E-state index contributed by atoms with van der Waals surface area (Å²) >= 11 is 0. The lowest BCUT2D eigenvalue weighted by molar-refractivity contribution is -0.129. The van der Waals surface area contributed by atoms with Crippen LogP contribution in [0.2, 0.25) is 0 Å². The highest BCUT2D eigenvalue weighted by Crippen LogP contribution is 2.13. The van der Waals surface area contributed by atoms with Crippen molar-refractivity contribution in [2.24, 2.45) is 0 Å². The summed E-state index contributed by atoms with van der Waals surface area (Å²) in [6.07, 6.45) is -0.546. The van der Waals surface area contributed by atoms with E-state index in [2.05, 4.69) is 0 Å². The van der Waals surface area contributed by atoms with Gasteiger partial charge in [-0.25, -0.2) is 4.79 Å². The number of nitrogens with zero attached hydrogens (tertiary/aromatic N) is 2. The van der Waals surface area contributed by atoms with Gasteiger partial charge in [0.15, 0.2) is 0 Å². The van der Waals surface area contributed by atoms with E-state index in [0.717, 1.165) is 5.56 Å². The molecule has 1 rings (SSSR count). The molecule has 0 saturated heterocycles. The van der Waals surface area contributed by atoms with Crippen molar-refractivity contribution >= 4 is 12.0 Å². The first-order valence-corrected chi connectivity index (χ1v) is 5.60. The van der Waals surface area contributed by atoms with Gasteiger partial charge in [0.05, 0.1) is 0 Å². The Morgan fingerprint density at radius 1 is 1.22 bits per heavy atom. The molecule has 18 heavy (non-hydrogen) atoms. The van der Waals surface area contributed by atoms with Crippen LogP contribution in [0.25, 0.3) is 0 Å². The van der Waals surface area contributed by atoms with Crippen LogP contribution >= 0.6 is 0 Å². The summed E-state index contributed by atoms with van der Waals surface area (Å²) in [6, 6.07) is 7.19. The molecule has 5 nitrogen and oxygen atoms in total. The van der Waals surface area contributed by atoms with Crippen LogP contribution in [0.1, 0.15) is 5.56 Å². The second-order valence-electron chi connectivity index (χ2n) is 4.33. The predicted octanol–water partition coefficient (Wildman–Crippen LogP) is 1.51. The van der Waals surface area contributed by atoms with Gasteiger partial charge in [0.25, 0.3) is 0 Å². The fourth-order valence-corrected chi connectivity index (χ4v) is 1.27. The van der Waals surface area contributed by atoms with Gasteiger partial charge in [-0.2, -0.15) is 0 Å². The quantitative estimate of drug-likeness (QED) is 0.817. The standard InChI is InChI=1S/C13H18N2O3/c1-10-6-5-7-11(8-10)18-13(17)15(4)9-12(16)14(2)3/h5-8H,9H2,1-4H3. The summed E-state index contributed by atoms with van der Waals surface area (Å²) < 4.78 is 5.15. The van der Waals surface area contributed by atoms with Gasteiger partial charge >= 0.3 is 6.09 Å². The van der Waals surface area contributed by atoms with E-state index in [4.69, 9.17) is 4.74 Å². The molecule has 0 bridgehead atoms. The number of likely N-dealkylation sites (N-methyl/N-ethyl adjacent to an activating group) is 2. The zero-order valence-electron chi connectivity index (χ0n) is 11.1. The topological polar surface area (TPSA) is 49.9 Å². The molecule has 0 heterocycles. The molecule has 0 aromatic heterocycles. The average Bonchev–Trinajstić information content (AvgIpc) is 2.28. The first-order chi connectivity index (χ1) is 8.40. The largest absolute Gasteiger partial charge is 0.415 e. The van der Waals surface area contributed by atoms with E-state index in [1.165, 1.54) is 16.8 Å². The third-order valence-corrected chi connectivity index (χ3v) is 2.38. The maximum Gasteiger partial charge on any atom is 0.415 e. The number of aryl methyl sites for hydroxylation is 1. The second kappa shape index (κ2) is 6.05. The molecule has 0 fully saturated rings. The van der Waals surface area contributed by atoms with Crippen molar-refractivity contribution in [3.05, 3.63) is 29.8 Å². The van der Waals surface area contributed by atoms with Gasteiger partial charge in [0, 0.05) is 21.1 Å². The van der Waals surface area contributed by atoms with Crippen LogP contribution in [0.4, 0.5) is 4.79 Å². The van der Waals surface area contributed by atoms with Gasteiger partial charge in [-0.3, -0.25) is 4.79 Å². The van der Waals surface area contributed by atoms with Gasteiger partial charge in [0.2, 0.25) is 5.91 Å².